The minimum Gasteiger partial charge on any atom is -0.369 e. The van der Waals surface area contributed by atoms with E-state index in [2.05, 4.69) is 10.3 Å². The van der Waals surface area contributed by atoms with Crippen LogP contribution < -0.4 is 5.32 Å². The van der Waals surface area contributed by atoms with Crippen molar-refractivity contribution in [3.63, 3.8) is 0 Å². The van der Waals surface area contributed by atoms with Crippen molar-refractivity contribution in [2.75, 3.05) is 17.6 Å². The van der Waals surface area contributed by atoms with Crippen molar-refractivity contribution in [2.45, 2.75) is 12.4 Å². The molecular formula is C9H10F3N3O2S. The highest BCUT2D eigenvalue weighted by molar-refractivity contribution is 8.00. The molecule has 1 N–H and O–H groups in total. The SMILES string of the molecule is Cc1cc([N+](=O)[O-])cnc1NCCSC(F)(F)F. The predicted octanol–water partition coefficient (Wildman–Crippen LogP) is 2.96. The quantitative estimate of drug-likeness (QED) is 0.510. The fourth-order valence-electron chi connectivity index (χ4n) is 1.18. The van der Waals surface area contributed by atoms with E-state index in [-0.39, 0.29) is 29.7 Å². The Balaban J connectivity index is 2.51. The van der Waals surface area contributed by atoms with Gasteiger partial charge in [0.2, 0.25) is 0 Å². The van der Waals surface area contributed by atoms with Crippen molar-refractivity contribution in [3.8, 4) is 0 Å². The summed E-state index contributed by atoms with van der Waals surface area (Å²) in [4.78, 5) is 13.7. The number of hydrogen-bond acceptors (Lipinski definition) is 5. The first-order chi connectivity index (χ1) is 8.29. The zero-order valence-corrected chi connectivity index (χ0v) is 10.1. The van der Waals surface area contributed by atoms with Crippen molar-refractivity contribution in [2.24, 2.45) is 0 Å². The van der Waals surface area contributed by atoms with E-state index in [1.807, 2.05) is 0 Å². The van der Waals surface area contributed by atoms with Crippen LogP contribution in [0.4, 0.5) is 24.7 Å². The molecule has 0 spiro atoms. The molecule has 0 fully saturated rings. The van der Waals surface area contributed by atoms with Gasteiger partial charge in [0.1, 0.15) is 12.0 Å². The van der Waals surface area contributed by atoms with Crippen LogP contribution >= 0.6 is 11.8 Å². The molecule has 1 rings (SSSR count). The molecule has 18 heavy (non-hydrogen) atoms. The Kier molecular flexibility index (Phi) is 4.76. The van der Waals surface area contributed by atoms with Gasteiger partial charge in [-0.2, -0.15) is 13.2 Å². The number of hydrogen-bond donors (Lipinski definition) is 1. The lowest BCUT2D eigenvalue weighted by atomic mass is 10.2. The van der Waals surface area contributed by atoms with E-state index in [1.165, 1.54) is 6.07 Å². The van der Waals surface area contributed by atoms with Gasteiger partial charge in [-0.15, -0.1) is 0 Å². The average Bonchev–Trinajstić information content (AvgIpc) is 2.24. The molecule has 0 saturated heterocycles. The number of aromatic nitrogens is 1. The third kappa shape index (κ3) is 4.78. The molecule has 0 radical (unpaired) electrons. The van der Waals surface area contributed by atoms with Gasteiger partial charge in [-0.25, -0.2) is 4.98 Å². The topological polar surface area (TPSA) is 68.1 Å². The predicted molar refractivity (Wildman–Crippen MR) is 62.6 cm³/mol. The number of rotatable bonds is 5. The van der Waals surface area contributed by atoms with Crippen molar-refractivity contribution in [1.82, 2.24) is 4.98 Å². The lowest BCUT2D eigenvalue weighted by molar-refractivity contribution is -0.385. The average molecular weight is 281 g/mol. The number of nitro groups is 1. The summed E-state index contributed by atoms with van der Waals surface area (Å²) >= 11 is -0.132. The maximum atomic E-state index is 11.8. The zero-order valence-electron chi connectivity index (χ0n) is 9.32. The molecule has 0 saturated carbocycles. The van der Waals surface area contributed by atoms with Crippen molar-refractivity contribution < 1.29 is 18.1 Å². The van der Waals surface area contributed by atoms with E-state index in [1.54, 1.807) is 6.92 Å². The fraction of sp³-hybridized carbons (Fsp3) is 0.444. The number of nitrogens with zero attached hydrogens (tertiary/aromatic N) is 2. The Labute approximate surface area is 105 Å². The van der Waals surface area contributed by atoms with Gasteiger partial charge in [-0.3, -0.25) is 10.1 Å². The first-order valence-electron chi connectivity index (χ1n) is 4.85. The van der Waals surface area contributed by atoms with Crippen LogP contribution in [0.15, 0.2) is 12.3 Å². The number of nitrogens with one attached hydrogen (secondary N) is 1. The van der Waals surface area contributed by atoms with Gasteiger partial charge >= 0.3 is 5.51 Å². The monoisotopic (exact) mass is 281 g/mol. The number of halogens is 3. The first kappa shape index (κ1) is 14.6. The summed E-state index contributed by atoms with van der Waals surface area (Å²) in [5.74, 6) is 0.199. The number of thioether (sulfide) groups is 1. The first-order valence-corrected chi connectivity index (χ1v) is 5.84. The minimum atomic E-state index is -4.25. The van der Waals surface area contributed by atoms with Gasteiger partial charge in [0.25, 0.3) is 5.69 Å². The zero-order chi connectivity index (χ0) is 13.8. The Hall–Kier alpha value is -1.51. The largest absolute Gasteiger partial charge is 0.441 e. The third-order valence-electron chi connectivity index (χ3n) is 1.93. The summed E-state index contributed by atoms with van der Waals surface area (Å²) in [5.41, 5.74) is -3.89. The maximum absolute atomic E-state index is 11.8. The van der Waals surface area contributed by atoms with Gasteiger partial charge in [-0.05, 0) is 24.2 Å². The van der Waals surface area contributed by atoms with Crippen LogP contribution in [0.25, 0.3) is 0 Å². The second-order valence-corrected chi connectivity index (χ2v) is 4.50. The Bertz CT molecular complexity index is 440. The fourth-order valence-corrected chi connectivity index (χ4v) is 1.62. The van der Waals surface area contributed by atoms with E-state index in [0.717, 1.165) is 6.20 Å². The Morgan fingerprint density at radius 1 is 1.56 bits per heavy atom. The molecule has 0 aliphatic rings. The number of anilines is 1. The van der Waals surface area contributed by atoms with E-state index in [4.69, 9.17) is 0 Å². The normalized spacial score (nSPS) is 11.3. The maximum Gasteiger partial charge on any atom is 0.441 e. The van der Waals surface area contributed by atoms with E-state index >= 15 is 0 Å². The molecule has 5 nitrogen and oxygen atoms in total. The summed E-state index contributed by atoms with van der Waals surface area (Å²) < 4.78 is 35.5. The highest BCUT2D eigenvalue weighted by Gasteiger charge is 2.27. The third-order valence-corrected chi connectivity index (χ3v) is 2.67. The molecule has 0 amide bonds. The molecule has 9 heteroatoms. The summed E-state index contributed by atoms with van der Waals surface area (Å²) in [6.45, 7) is 1.68. The molecule has 100 valence electrons. The lowest BCUT2D eigenvalue weighted by Crippen LogP contribution is -2.11. The molecule has 1 aromatic heterocycles. The van der Waals surface area contributed by atoms with E-state index in [0.29, 0.717) is 11.4 Å². The molecule has 0 aliphatic carbocycles. The Morgan fingerprint density at radius 2 is 2.22 bits per heavy atom. The van der Waals surface area contributed by atoms with Crippen LogP contribution in [0.2, 0.25) is 0 Å². The highest BCUT2D eigenvalue weighted by Crippen LogP contribution is 2.29. The standard InChI is InChI=1S/C9H10F3N3O2S/c1-6-4-7(15(16)17)5-14-8(6)13-2-3-18-9(10,11)12/h4-5H,2-3H2,1H3,(H,13,14). The number of pyridine rings is 1. The molecule has 0 atom stereocenters. The van der Waals surface area contributed by atoms with E-state index in [9.17, 15) is 23.3 Å². The van der Waals surface area contributed by atoms with Gasteiger partial charge in [0.05, 0.1) is 4.92 Å². The van der Waals surface area contributed by atoms with Crippen LogP contribution in [0, 0.1) is 17.0 Å². The number of aryl methyl sites for hydroxylation is 1. The van der Waals surface area contributed by atoms with Gasteiger partial charge in [0, 0.05) is 18.4 Å². The lowest BCUT2D eigenvalue weighted by Gasteiger charge is -2.09. The van der Waals surface area contributed by atoms with Crippen LogP contribution in [0.5, 0.6) is 0 Å². The van der Waals surface area contributed by atoms with Crippen molar-refractivity contribution in [3.05, 3.63) is 27.9 Å². The molecule has 0 bridgehead atoms. The minimum absolute atomic E-state index is 0.0792. The van der Waals surface area contributed by atoms with Gasteiger partial charge in [0.15, 0.2) is 0 Å². The molecule has 1 heterocycles. The van der Waals surface area contributed by atoms with Crippen molar-refractivity contribution >= 4 is 23.3 Å². The molecule has 1 aromatic rings. The van der Waals surface area contributed by atoms with Crippen LogP contribution in [0.3, 0.4) is 0 Å². The second-order valence-electron chi connectivity index (χ2n) is 3.34. The summed E-state index contributed by atoms with van der Waals surface area (Å²) in [6.07, 6.45) is 1.06. The van der Waals surface area contributed by atoms with Crippen LogP contribution in [0.1, 0.15) is 5.56 Å². The summed E-state index contributed by atoms with van der Waals surface area (Å²) in [5, 5.41) is 13.1. The van der Waals surface area contributed by atoms with Gasteiger partial charge < -0.3 is 5.32 Å². The van der Waals surface area contributed by atoms with Gasteiger partial charge in [-0.1, -0.05) is 0 Å². The summed E-state index contributed by atoms with van der Waals surface area (Å²) in [7, 11) is 0. The van der Waals surface area contributed by atoms with Crippen LogP contribution in [-0.2, 0) is 0 Å². The number of alkyl halides is 3. The highest BCUT2D eigenvalue weighted by atomic mass is 32.2. The second kappa shape index (κ2) is 5.89. The van der Waals surface area contributed by atoms with E-state index < -0.39 is 10.4 Å². The van der Waals surface area contributed by atoms with Crippen molar-refractivity contribution in [1.29, 1.82) is 0 Å². The molecule has 0 unspecified atom stereocenters. The molecule has 0 aromatic carbocycles. The smallest absolute Gasteiger partial charge is 0.369 e. The Morgan fingerprint density at radius 3 is 2.72 bits per heavy atom. The molecule has 0 aliphatic heterocycles. The summed E-state index contributed by atoms with van der Waals surface area (Å²) in [6, 6.07) is 1.31. The van der Waals surface area contributed by atoms with Crippen LogP contribution in [-0.4, -0.2) is 27.7 Å². The molecular weight excluding hydrogens is 271 g/mol.